The van der Waals surface area contributed by atoms with Crippen molar-refractivity contribution in [3.63, 3.8) is 0 Å². The third kappa shape index (κ3) is 1.37. The molecule has 1 aliphatic rings. The summed E-state index contributed by atoms with van der Waals surface area (Å²) in [6.45, 7) is 2.09. The van der Waals surface area contributed by atoms with Crippen molar-refractivity contribution in [2.45, 2.75) is 26.2 Å². The Hall–Kier alpha value is -0.820. The van der Waals surface area contributed by atoms with E-state index >= 15 is 0 Å². The summed E-state index contributed by atoms with van der Waals surface area (Å²) in [7, 11) is 0. The first kappa shape index (κ1) is 8.76. The van der Waals surface area contributed by atoms with Crippen LogP contribution in [0.1, 0.15) is 33.5 Å². The summed E-state index contributed by atoms with van der Waals surface area (Å²) in [4.78, 5) is 11.1. The zero-order valence-electron chi connectivity index (χ0n) is 7.56. The average molecular weight is 195 g/mol. The number of halogens is 1. The van der Waals surface area contributed by atoms with E-state index in [4.69, 9.17) is 11.6 Å². The summed E-state index contributed by atoms with van der Waals surface area (Å²) < 4.78 is 0. The number of carbonyl (C=O) groups is 1. The second-order valence-electron chi connectivity index (χ2n) is 3.51. The molecule has 0 amide bonds. The molecule has 0 aliphatic heterocycles. The lowest BCUT2D eigenvalue weighted by molar-refractivity contribution is 0.108. The molecule has 68 valence electrons. The van der Waals surface area contributed by atoms with Crippen LogP contribution in [0.4, 0.5) is 0 Å². The zero-order valence-corrected chi connectivity index (χ0v) is 8.32. The van der Waals surface area contributed by atoms with Gasteiger partial charge in [-0.25, -0.2) is 0 Å². The van der Waals surface area contributed by atoms with E-state index in [0.29, 0.717) is 5.56 Å². The van der Waals surface area contributed by atoms with E-state index in [1.807, 2.05) is 12.1 Å². The van der Waals surface area contributed by atoms with E-state index in [0.717, 1.165) is 19.3 Å². The fourth-order valence-corrected chi connectivity index (χ4v) is 2.25. The molecule has 13 heavy (non-hydrogen) atoms. The molecule has 0 saturated heterocycles. The van der Waals surface area contributed by atoms with Gasteiger partial charge in [0.15, 0.2) is 0 Å². The van der Waals surface area contributed by atoms with Gasteiger partial charge in [0.05, 0.1) is 0 Å². The molecule has 0 saturated carbocycles. The molecule has 0 aromatic heterocycles. The highest BCUT2D eigenvalue weighted by Crippen LogP contribution is 2.28. The predicted molar refractivity (Wildman–Crippen MR) is 53.4 cm³/mol. The van der Waals surface area contributed by atoms with Gasteiger partial charge in [0.1, 0.15) is 0 Å². The molecule has 1 aliphatic carbocycles. The Kier molecular flexibility index (Phi) is 2.12. The summed E-state index contributed by atoms with van der Waals surface area (Å²) in [5.74, 6) is 0. The largest absolute Gasteiger partial charge is 0.276 e. The molecule has 0 heterocycles. The van der Waals surface area contributed by atoms with E-state index in [-0.39, 0.29) is 5.24 Å². The molecule has 0 unspecified atom stereocenters. The molecule has 0 spiro atoms. The Labute approximate surface area is 82.7 Å². The normalized spacial score (nSPS) is 14.3. The van der Waals surface area contributed by atoms with Gasteiger partial charge in [-0.3, -0.25) is 4.79 Å². The maximum absolute atomic E-state index is 11.1. The van der Waals surface area contributed by atoms with E-state index in [2.05, 4.69) is 6.92 Å². The summed E-state index contributed by atoms with van der Waals surface area (Å²) in [5.41, 5.74) is 4.51. The lowest BCUT2D eigenvalue weighted by Crippen LogP contribution is -1.98. The molecule has 0 N–H and O–H groups in total. The Morgan fingerprint density at radius 1 is 1.31 bits per heavy atom. The number of benzene rings is 1. The fraction of sp³-hybridized carbons (Fsp3) is 0.364. The second kappa shape index (κ2) is 3.15. The fourth-order valence-electron chi connectivity index (χ4n) is 2.07. The van der Waals surface area contributed by atoms with Crippen molar-refractivity contribution in [3.8, 4) is 0 Å². The average Bonchev–Trinajstić information content (AvgIpc) is 2.53. The third-order valence-corrected chi connectivity index (χ3v) is 2.93. The van der Waals surface area contributed by atoms with Crippen LogP contribution in [0.15, 0.2) is 12.1 Å². The van der Waals surface area contributed by atoms with Gasteiger partial charge in [0.2, 0.25) is 0 Å². The minimum Gasteiger partial charge on any atom is -0.276 e. The third-order valence-electron chi connectivity index (χ3n) is 2.73. The molecule has 2 heteroatoms. The summed E-state index contributed by atoms with van der Waals surface area (Å²) in [6.07, 6.45) is 3.25. The summed E-state index contributed by atoms with van der Waals surface area (Å²) >= 11 is 5.50. The van der Waals surface area contributed by atoms with Crippen LogP contribution in [0, 0.1) is 6.92 Å². The molecule has 0 radical (unpaired) electrons. The van der Waals surface area contributed by atoms with Gasteiger partial charge < -0.3 is 0 Å². The molecule has 1 nitrogen and oxygen atoms in total. The van der Waals surface area contributed by atoms with E-state index in [1.54, 1.807) is 0 Å². The number of rotatable bonds is 1. The van der Waals surface area contributed by atoms with Crippen LogP contribution >= 0.6 is 11.6 Å². The number of aryl methyl sites for hydroxylation is 1. The minimum atomic E-state index is -0.321. The Bertz CT molecular complexity index is 369. The minimum absolute atomic E-state index is 0.321. The van der Waals surface area contributed by atoms with Gasteiger partial charge in [-0.05, 0) is 60.5 Å². The first-order chi connectivity index (χ1) is 6.20. The van der Waals surface area contributed by atoms with Crippen LogP contribution < -0.4 is 0 Å². The molecule has 0 bridgehead atoms. The Balaban J connectivity index is 2.62. The van der Waals surface area contributed by atoms with Crippen molar-refractivity contribution in [2.75, 3.05) is 0 Å². The molecule has 1 aromatic rings. The van der Waals surface area contributed by atoms with E-state index < -0.39 is 0 Å². The Morgan fingerprint density at radius 2 is 2.00 bits per heavy atom. The van der Waals surface area contributed by atoms with Gasteiger partial charge >= 0.3 is 0 Å². The van der Waals surface area contributed by atoms with Gasteiger partial charge in [0.25, 0.3) is 5.24 Å². The highest BCUT2D eigenvalue weighted by molar-refractivity contribution is 6.67. The lowest BCUT2D eigenvalue weighted by atomic mass is 10.00. The standard InChI is InChI=1S/C11H11ClO/c1-7-5-6-10(11(12)13)9-4-2-3-8(7)9/h5-6H,2-4H2,1H3. The van der Waals surface area contributed by atoms with Crippen molar-refractivity contribution in [3.05, 3.63) is 34.4 Å². The van der Waals surface area contributed by atoms with Crippen LogP contribution in [0.3, 0.4) is 0 Å². The van der Waals surface area contributed by atoms with E-state index in [1.165, 1.54) is 16.7 Å². The van der Waals surface area contributed by atoms with Crippen LogP contribution in [0.2, 0.25) is 0 Å². The van der Waals surface area contributed by atoms with Crippen molar-refractivity contribution in [1.82, 2.24) is 0 Å². The number of fused-ring (bicyclic) bond motifs is 1. The van der Waals surface area contributed by atoms with Crippen molar-refractivity contribution in [2.24, 2.45) is 0 Å². The van der Waals surface area contributed by atoms with Crippen molar-refractivity contribution < 1.29 is 4.79 Å². The molecular weight excluding hydrogens is 184 g/mol. The summed E-state index contributed by atoms with van der Waals surface area (Å²) in [6, 6.07) is 3.83. The van der Waals surface area contributed by atoms with Crippen molar-refractivity contribution >= 4 is 16.8 Å². The molecule has 1 aromatic carbocycles. The van der Waals surface area contributed by atoms with Crippen LogP contribution in [0.5, 0.6) is 0 Å². The molecular formula is C11H11ClO. The molecule has 0 fully saturated rings. The maximum Gasteiger partial charge on any atom is 0.252 e. The topological polar surface area (TPSA) is 17.1 Å². The lowest BCUT2D eigenvalue weighted by Gasteiger charge is -2.06. The summed E-state index contributed by atoms with van der Waals surface area (Å²) in [5, 5.41) is -0.321. The SMILES string of the molecule is Cc1ccc(C(=O)Cl)c2c1CCC2. The van der Waals surface area contributed by atoms with Gasteiger partial charge in [-0.15, -0.1) is 0 Å². The molecule has 2 rings (SSSR count). The monoisotopic (exact) mass is 194 g/mol. The highest BCUT2D eigenvalue weighted by Gasteiger charge is 2.19. The van der Waals surface area contributed by atoms with Crippen LogP contribution in [-0.2, 0) is 12.8 Å². The molecule has 0 atom stereocenters. The predicted octanol–water partition coefficient (Wildman–Crippen LogP) is 2.86. The van der Waals surface area contributed by atoms with Gasteiger partial charge in [-0.2, -0.15) is 0 Å². The first-order valence-electron chi connectivity index (χ1n) is 4.51. The number of hydrogen-bond donors (Lipinski definition) is 0. The Morgan fingerprint density at radius 3 is 2.69 bits per heavy atom. The first-order valence-corrected chi connectivity index (χ1v) is 4.89. The van der Waals surface area contributed by atoms with Gasteiger partial charge in [-0.1, -0.05) is 6.07 Å². The van der Waals surface area contributed by atoms with Crippen molar-refractivity contribution in [1.29, 1.82) is 0 Å². The van der Waals surface area contributed by atoms with Gasteiger partial charge in [0, 0.05) is 5.56 Å². The quantitative estimate of drug-likeness (QED) is 0.629. The maximum atomic E-state index is 11.1. The van der Waals surface area contributed by atoms with Crippen LogP contribution in [0.25, 0.3) is 0 Å². The smallest absolute Gasteiger partial charge is 0.252 e. The second-order valence-corrected chi connectivity index (χ2v) is 3.86. The zero-order chi connectivity index (χ0) is 9.42. The number of hydrogen-bond acceptors (Lipinski definition) is 1. The highest BCUT2D eigenvalue weighted by atomic mass is 35.5. The number of carbonyl (C=O) groups excluding carboxylic acids is 1. The van der Waals surface area contributed by atoms with Crippen LogP contribution in [-0.4, -0.2) is 5.24 Å². The van der Waals surface area contributed by atoms with E-state index in [9.17, 15) is 4.79 Å².